The number of rotatable bonds is 0. The molecule has 25 heavy (non-hydrogen) atoms. The summed E-state index contributed by atoms with van der Waals surface area (Å²) in [5.41, 5.74) is 4.70. The molecule has 0 amide bonds. The van der Waals surface area contributed by atoms with Crippen molar-refractivity contribution in [1.29, 1.82) is 0 Å². The van der Waals surface area contributed by atoms with Gasteiger partial charge in [-0.05, 0) is 55.1 Å². The Balaban J connectivity index is 1.43. The summed E-state index contributed by atoms with van der Waals surface area (Å²) in [5, 5.41) is 0. The molecule has 2 unspecified atom stereocenters. The molecule has 4 aliphatic carbocycles. The Kier molecular flexibility index (Phi) is 3.60. The molecule has 1 heterocycles. The third-order valence-electron chi connectivity index (χ3n) is 7.80. The second-order valence-electron chi connectivity index (χ2n) is 9.39. The Bertz CT molecular complexity index is 665. The highest BCUT2D eigenvalue weighted by Gasteiger charge is 2.53. The summed E-state index contributed by atoms with van der Waals surface area (Å²) in [7, 11) is 0. The highest BCUT2D eigenvalue weighted by Crippen LogP contribution is 2.58. The van der Waals surface area contributed by atoms with Crippen molar-refractivity contribution in [1.82, 2.24) is 0 Å². The number of Topliss-reactive ketones (excluding diaryl/α,β-unsaturated/α-hetero) is 1. The molecule has 0 aromatic carbocycles. The van der Waals surface area contributed by atoms with Crippen molar-refractivity contribution in [3.63, 3.8) is 0 Å². The maximum atomic E-state index is 12.4. The van der Waals surface area contributed by atoms with Crippen LogP contribution < -0.4 is 0 Å². The predicted molar refractivity (Wildman–Crippen MR) is 95.9 cm³/mol. The molecule has 0 aromatic rings. The second kappa shape index (κ2) is 5.53. The molecule has 1 spiro atoms. The lowest BCUT2D eigenvalue weighted by molar-refractivity contribution is -0.285. The number of hydrogen-bond donors (Lipinski definition) is 0. The minimum Gasteiger partial charge on any atom is -0.349 e. The van der Waals surface area contributed by atoms with E-state index in [9.17, 15) is 4.79 Å². The van der Waals surface area contributed by atoms with Crippen LogP contribution in [0.1, 0.15) is 65.2 Å². The van der Waals surface area contributed by atoms with Crippen molar-refractivity contribution in [3.05, 3.63) is 22.8 Å². The molecule has 0 aromatic heterocycles. The fraction of sp³-hybridized carbons (Fsp3) is 0.773. The SMILES string of the molecule is CC1COC2(CCC3=C(CCC4C3=CC[C@]3(C)C(=O)CCC43)C2)OC1. The van der Waals surface area contributed by atoms with Crippen molar-refractivity contribution < 1.29 is 14.3 Å². The van der Waals surface area contributed by atoms with Crippen LogP contribution in [0.15, 0.2) is 22.8 Å². The van der Waals surface area contributed by atoms with E-state index in [2.05, 4.69) is 19.9 Å². The maximum absolute atomic E-state index is 12.4. The van der Waals surface area contributed by atoms with Gasteiger partial charge >= 0.3 is 0 Å². The van der Waals surface area contributed by atoms with Crippen LogP contribution in [0.25, 0.3) is 0 Å². The number of fused-ring (bicyclic) bond motifs is 4. The zero-order valence-electron chi connectivity index (χ0n) is 15.6. The van der Waals surface area contributed by atoms with Crippen LogP contribution in [0.3, 0.4) is 0 Å². The van der Waals surface area contributed by atoms with Gasteiger partial charge < -0.3 is 9.47 Å². The quantitative estimate of drug-likeness (QED) is 0.647. The van der Waals surface area contributed by atoms with E-state index in [4.69, 9.17) is 9.47 Å². The molecule has 0 N–H and O–H groups in total. The fourth-order valence-electron chi connectivity index (χ4n) is 6.26. The van der Waals surface area contributed by atoms with Gasteiger partial charge in [-0.25, -0.2) is 0 Å². The molecule has 1 saturated heterocycles. The summed E-state index contributed by atoms with van der Waals surface area (Å²) in [6.07, 6.45) is 10.7. The van der Waals surface area contributed by atoms with Crippen molar-refractivity contribution >= 4 is 5.78 Å². The predicted octanol–water partition coefficient (Wildman–Crippen LogP) is 4.57. The topological polar surface area (TPSA) is 35.5 Å². The van der Waals surface area contributed by atoms with Crippen LogP contribution in [0, 0.1) is 23.2 Å². The Morgan fingerprint density at radius 2 is 1.92 bits per heavy atom. The van der Waals surface area contributed by atoms with Crippen molar-refractivity contribution in [2.45, 2.75) is 71.0 Å². The van der Waals surface area contributed by atoms with E-state index in [-0.39, 0.29) is 11.2 Å². The van der Waals surface area contributed by atoms with Crippen LogP contribution in [0.2, 0.25) is 0 Å². The molecule has 5 aliphatic rings. The first-order valence-corrected chi connectivity index (χ1v) is 10.2. The first-order valence-electron chi connectivity index (χ1n) is 10.2. The van der Waals surface area contributed by atoms with Gasteiger partial charge in [0.05, 0.1) is 13.2 Å². The summed E-state index contributed by atoms with van der Waals surface area (Å²) in [6.45, 7) is 6.08. The highest BCUT2D eigenvalue weighted by atomic mass is 16.7. The van der Waals surface area contributed by atoms with Gasteiger partial charge in [0.1, 0.15) is 5.78 Å². The van der Waals surface area contributed by atoms with E-state index >= 15 is 0 Å². The molecule has 136 valence electrons. The van der Waals surface area contributed by atoms with Gasteiger partial charge in [0, 0.05) is 30.6 Å². The number of carbonyl (C=O) groups is 1. The van der Waals surface area contributed by atoms with Gasteiger partial charge in [-0.3, -0.25) is 4.79 Å². The Hall–Kier alpha value is -0.930. The van der Waals surface area contributed by atoms with Crippen LogP contribution >= 0.6 is 0 Å². The number of ketones is 1. The van der Waals surface area contributed by atoms with Gasteiger partial charge in [0.2, 0.25) is 0 Å². The molecule has 1 aliphatic heterocycles. The lowest BCUT2D eigenvalue weighted by Gasteiger charge is -2.48. The highest BCUT2D eigenvalue weighted by molar-refractivity contribution is 5.87. The monoisotopic (exact) mass is 342 g/mol. The number of ether oxygens (including phenoxy) is 2. The van der Waals surface area contributed by atoms with Gasteiger partial charge in [-0.2, -0.15) is 0 Å². The molecule has 1 saturated carbocycles. The van der Waals surface area contributed by atoms with Gasteiger partial charge in [0.25, 0.3) is 0 Å². The van der Waals surface area contributed by atoms with E-state index in [0.717, 1.165) is 51.7 Å². The van der Waals surface area contributed by atoms with Crippen LogP contribution in [-0.4, -0.2) is 24.8 Å². The van der Waals surface area contributed by atoms with Gasteiger partial charge in [-0.1, -0.05) is 25.5 Å². The Morgan fingerprint density at radius 3 is 2.72 bits per heavy atom. The van der Waals surface area contributed by atoms with Crippen molar-refractivity contribution in [3.8, 4) is 0 Å². The van der Waals surface area contributed by atoms with Gasteiger partial charge in [-0.15, -0.1) is 0 Å². The first kappa shape index (κ1) is 16.3. The van der Waals surface area contributed by atoms with Gasteiger partial charge in [0.15, 0.2) is 5.79 Å². The third kappa shape index (κ3) is 2.35. The van der Waals surface area contributed by atoms with Crippen molar-refractivity contribution in [2.24, 2.45) is 23.2 Å². The number of carbonyl (C=O) groups excluding carboxylic acids is 1. The van der Waals surface area contributed by atoms with Crippen LogP contribution in [0.5, 0.6) is 0 Å². The minimum atomic E-state index is -0.342. The third-order valence-corrected chi connectivity index (χ3v) is 7.80. The number of allylic oxidation sites excluding steroid dienone is 3. The summed E-state index contributed by atoms with van der Waals surface area (Å²) >= 11 is 0. The van der Waals surface area contributed by atoms with E-state index in [1.807, 2.05) is 0 Å². The summed E-state index contributed by atoms with van der Waals surface area (Å²) in [6, 6.07) is 0. The summed E-state index contributed by atoms with van der Waals surface area (Å²) in [4.78, 5) is 12.4. The molecular weight excluding hydrogens is 312 g/mol. The Morgan fingerprint density at radius 1 is 1.12 bits per heavy atom. The van der Waals surface area contributed by atoms with Crippen LogP contribution in [0.4, 0.5) is 0 Å². The molecular formula is C22H30O3. The minimum absolute atomic E-state index is 0.0755. The molecule has 3 atom stereocenters. The summed E-state index contributed by atoms with van der Waals surface area (Å²) < 4.78 is 12.4. The van der Waals surface area contributed by atoms with Crippen molar-refractivity contribution in [2.75, 3.05) is 13.2 Å². The maximum Gasteiger partial charge on any atom is 0.172 e. The molecule has 2 fully saturated rings. The van der Waals surface area contributed by atoms with E-state index in [1.165, 1.54) is 12.8 Å². The molecule has 0 radical (unpaired) electrons. The molecule has 0 bridgehead atoms. The Labute approximate surface area is 150 Å². The lowest BCUT2D eigenvalue weighted by atomic mass is 9.58. The molecule has 3 nitrogen and oxygen atoms in total. The first-order chi connectivity index (χ1) is 12.0. The van der Waals surface area contributed by atoms with E-state index in [1.54, 1.807) is 16.7 Å². The standard InChI is InChI=1S/C22H30O3/c1-14-12-24-22(25-13-14)10-8-16-15(11-22)3-4-18-17(16)7-9-21(2)19(18)5-6-20(21)23/h7,14,18-19H,3-6,8-13H2,1-2H3/t14?,18?,19?,21-,22?/m0/s1. The number of hydrogen-bond acceptors (Lipinski definition) is 3. The second-order valence-corrected chi connectivity index (χ2v) is 9.39. The zero-order valence-corrected chi connectivity index (χ0v) is 15.6. The smallest absolute Gasteiger partial charge is 0.172 e. The van der Waals surface area contributed by atoms with E-state index in [0.29, 0.717) is 23.5 Å². The fourth-order valence-corrected chi connectivity index (χ4v) is 6.26. The molecule has 5 rings (SSSR count). The average molecular weight is 342 g/mol. The lowest BCUT2D eigenvalue weighted by Crippen LogP contribution is -2.46. The van der Waals surface area contributed by atoms with Crippen LogP contribution in [-0.2, 0) is 14.3 Å². The van der Waals surface area contributed by atoms with E-state index < -0.39 is 0 Å². The average Bonchev–Trinajstić information content (AvgIpc) is 2.93. The largest absolute Gasteiger partial charge is 0.349 e. The normalized spacial score (nSPS) is 46.6. The summed E-state index contributed by atoms with van der Waals surface area (Å²) in [5.74, 6) is 1.87. The zero-order chi connectivity index (χ0) is 17.2. The molecule has 3 heteroatoms.